The number of carbonyl (C=O) groups is 1. The number of likely N-dealkylation sites (tertiary alicyclic amines) is 1. The Morgan fingerprint density at radius 3 is 3.00 bits per heavy atom. The maximum absolute atomic E-state index is 11.6. The van der Waals surface area contributed by atoms with Gasteiger partial charge in [0, 0.05) is 37.0 Å². The van der Waals surface area contributed by atoms with Crippen molar-refractivity contribution in [3.05, 3.63) is 15.4 Å². The first-order valence-corrected chi connectivity index (χ1v) is 9.28. The average Bonchev–Trinajstić information content (AvgIpc) is 2.86. The lowest BCUT2D eigenvalue weighted by molar-refractivity contribution is -0.121. The number of nitrogens with two attached hydrogens (primary N) is 1. The summed E-state index contributed by atoms with van der Waals surface area (Å²) in [5.74, 6) is 0.0496. The van der Waals surface area contributed by atoms with E-state index in [9.17, 15) is 4.79 Å². The number of hydrogen-bond donors (Lipinski definition) is 2. The second kappa shape index (κ2) is 10.5. The quantitative estimate of drug-likeness (QED) is 0.703. The summed E-state index contributed by atoms with van der Waals surface area (Å²) >= 11 is 5.20. The minimum absolute atomic E-state index is 0. The fourth-order valence-electron chi connectivity index (χ4n) is 2.77. The molecule has 1 atom stereocenters. The lowest BCUT2D eigenvalue weighted by atomic mass is 10.0. The van der Waals surface area contributed by atoms with Gasteiger partial charge in [-0.05, 0) is 41.4 Å². The minimum Gasteiger partial charge on any atom is -0.486 e. The molecule has 23 heavy (non-hydrogen) atoms. The highest BCUT2D eigenvalue weighted by Gasteiger charge is 2.23. The Morgan fingerprint density at radius 2 is 2.35 bits per heavy atom. The molecule has 1 aliphatic heterocycles. The van der Waals surface area contributed by atoms with Gasteiger partial charge in [-0.1, -0.05) is 6.42 Å². The highest BCUT2D eigenvalue weighted by molar-refractivity contribution is 9.10. The van der Waals surface area contributed by atoms with Crippen molar-refractivity contribution in [1.82, 2.24) is 10.2 Å². The number of nitrogens with one attached hydrogen (secondary N) is 1. The van der Waals surface area contributed by atoms with Crippen LogP contribution < -0.4 is 15.8 Å². The SMILES string of the molecule is COc1sc(CN2CCCCC2CNC(=O)CCN)cc1Br.Cl. The Hall–Kier alpha value is -0.340. The van der Waals surface area contributed by atoms with Crippen LogP contribution >= 0.6 is 39.7 Å². The van der Waals surface area contributed by atoms with E-state index in [-0.39, 0.29) is 18.3 Å². The molecule has 0 radical (unpaired) electrons. The zero-order valence-corrected chi connectivity index (χ0v) is 16.6. The maximum atomic E-state index is 11.6. The number of nitrogens with zero attached hydrogens (tertiary/aromatic N) is 1. The van der Waals surface area contributed by atoms with Gasteiger partial charge in [-0.2, -0.15) is 0 Å². The van der Waals surface area contributed by atoms with Gasteiger partial charge in [0.15, 0.2) is 5.06 Å². The van der Waals surface area contributed by atoms with Crippen molar-refractivity contribution in [2.45, 2.75) is 38.3 Å². The number of thiophene rings is 1. The molecular weight excluding hydrogens is 402 g/mol. The van der Waals surface area contributed by atoms with E-state index >= 15 is 0 Å². The Bertz CT molecular complexity index is 501. The molecule has 5 nitrogen and oxygen atoms in total. The van der Waals surface area contributed by atoms with Crippen LogP contribution in [0, 0.1) is 0 Å². The van der Waals surface area contributed by atoms with Crippen molar-refractivity contribution >= 4 is 45.6 Å². The second-order valence-corrected chi connectivity index (χ2v) is 7.47. The number of ether oxygens (including phenoxy) is 1. The van der Waals surface area contributed by atoms with Crippen LogP contribution in [0.15, 0.2) is 10.5 Å². The number of carbonyl (C=O) groups excluding carboxylic acids is 1. The summed E-state index contributed by atoms with van der Waals surface area (Å²) in [6.45, 7) is 3.10. The normalized spacial score (nSPS) is 18.3. The largest absolute Gasteiger partial charge is 0.486 e. The van der Waals surface area contributed by atoms with Gasteiger partial charge < -0.3 is 15.8 Å². The molecular formula is C15H25BrClN3O2S. The van der Waals surface area contributed by atoms with Crippen molar-refractivity contribution < 1.29 is 9.53 Å². The van der Waals surface area contributed by atoms with E-state index in [1.165, 1.54) is 17.7 Å². The summed E-state index contributed by atoms with van der Waals surface area (Å²) in [6.07, 6.45) is 3.98. The third kappa shape index (κ3) is 6.23. The standard InChI is InChI=1S/C15H24BrN3O2S.ClH/c1-21-15-13(16)8-12(22-15)10-19-7-3-2-4-11(19)9-18-14(20)5-6-17;/h8,11H,2-7,9-10,17H2,1H3,(H,18,20);1H. The summed E-state index contributed by atoms with van der Waals surface area (Å²) in [6, 6.07) is 2.53. The van der Waals surface area contributed by atoms with Crippen molar-refractivity contribution in [2.24, 2.45) is 5.73 Å². The predicted molar refractivity (Wildman–Crippen MR) is 101 cm³/mol. The molecule has 1 saturated heterocycles. The first-order chi connectivity index (χ1) is 10.6. The van der Waals surface area contributed by atoms with Gasteiger partial charge in [-0.15, -0.1) is 23.7 Å². The van der Waals surface area contributed by atoms with Crippen LogP contribution in [0.3, 0.4) is 0 Å². The molecule has 2 heterocycles. The molecule has 8 heteroatoms. The van der Waals surface area contributed by atoms with Crippen molar-refractivity contribution in [1.29, 1.82) is 0 Å². The molecule has 3 N–H and O–H groups in total. The van der Waals surface area contributed by atoms with Crippen LogP contribution in [0.4, 0.5) is 0 Å². The Morgan fingerprint density at radius 1 is 1.57 bits per heavy atom. The summed E-state index contributed by atoms with van der Waals surface area (Å²) in [7, 11) is 1.69. The van der Waals surface area contributed by atoms with Crippen LogP contribution in [0.1, 0.15) is 30.6 Å². The molecule has 0 bridgehead atoms. The van der Waals surface area contributed by atoms with Crippen LogP contribution in [0.5, 0.6) is 5.06 Å². The maximum Gasteiger partial charge on any atom is 0.221 e. The van der Waals surface area contributed by atoms with Gasteiger partial charge in [0.2, 0.25) is 5.91 Å². The molecule has 1 aliphatic rings. The van der Waals surface area contributed by atoms with Crippen LogP contribution in [0.25, 0.3) is 0 Å². The fourth-order valence-corrected chi connectivity index (χ4v) is 4.48. The zero-order chi connectivity index (χ0) is 15.9. The van der Waals surface area contributed by atoms with E-state index in [2.05, 4.69) is 32.2 Å². The summed E-state index contributed by atoms with van der Waals surface area (Å²) in [5.41, 5.74) is 5.41. The van der Waals surface area contributed by atoms with Gasteiger partial charge in [0.05, 0.1) is 11.6 Å². The number of hydrogen-bond acceptors (Lipinski definition) is 5. The van der Waals surface area contributed by atoms with E-state index in [0.717, 1.165) is 29.0 Å². The summed E-state index contributed by atoms with van der Waals surface area (Å²) in [4.78, 5) is 15.4. The van der Waals surface area contributed by atoms with Crippen molar-refractivity contribution in [3.8, 4) is 5.06 Å². The number of methoxy groups -OCH3 is 1. The molecule has 1 amide bonds. The van der Waals surface area contributed by atoms with E-state index in [4.69, 9.17) is 10.5 Å². The van der Waals surface area contributed by atoms with Gasteiger partial charge in [0.1, 0.15) is 0 Å². The Balaban J connectivity index is 0.00000264. The molecule has 2 rings (SSSR count). The summed E-state index contributed by atoms with van der Waals surface area (Å²) in [5, 5.41) is 3.92. The lowest BCUT2D eigenvalue weighted by Crippen LogP contribution is -2.46. The molecule has 0 saturated carbocycles. The minimum atomic E-state index is 0. The first-order valence-electron chi connectivity index (χ1n) is 7.67. The second-order valence-electron chi connectivity index (χ2n) is 5.52. The Kier molecular flexibility index (Phi) is 9.46. The highest BCUT2D eigenvalue weighted by atomic mass is 79.9. The van der Waals surface area contributed by atoms with Gasteiger partial charge >= 0.3 is 0 Å². The summed E-state index contributed by atoms with van der Waals surface area (Å²) < 4.78 is 6.35. The molecule has 1 fully saturated rings. The van der Waals surface area contributed by atoms with E-state index in [1.54, 1.807) is 18.4 Å². The number of rotatable bonds is 7. The third-order valence-electron chi connectivity index (χ3n) is 3.91. The highest BCUT2D eigenvalue weighted by Crippen LogP contribution is 2.35. The zero-order valence-electron chi connectivity index (χ0n) is 13.3. The van der Waals surface area contributed by atoms with Crippen molar-refractivity contribution in [2.75, 3.05) is 26.7 Å². The number of halogens is 2. The average molecular weight is 427 g/mol. The third-order valence-corrected chi connectivity index (χ3v) is 5.84. The fraction of sp³-hybridized carbons (Fsp3) is 0.667. The monoisotopic (exact) mass is 425 g/mol. The van der Waals surface area contributed by atoms with Crippen LogP contribution in [-0.2, 0) is 11.3 Å². The van der Waals surface area contributed by atoms with Crippen molar-refractivity contribution in [3.63, 3.8) is 0 Å². The van der Waals surface area contributed by atoms with Crippen LogP contribution in [-0.4, -0.2) is 43.6 Å². The van der Waals surface area contributed by atoms with Gasteiger partial charge in [-0.3, -0.25) is 9.69 Å². The molecule has 0 spiro atoms. The van der Waals surface area contributed by atoms with Gasteiger partial charge in [0.25, 0.3) is 0 Å². The molecule has 0 aromatic carbocycles. The molecule has 1 aromatic heterocycles. The van der Waals surface area contributed by atoms with Gasteiger partial charge in [-0.25, -0.2) is 0 Å². The topological polar surface area (TPSA) is 67.6 Å². The van der Waals surface area contributed by atoms with Crippen LogP contribution in [0.2, 0.25) is 0 Å². The smallest absolute Gasteiger partial charge is 0.221 e. The lowest BCUT2D eigenvalue weighted by Gasteiger charge is -2.35. The number of piperidine rings is 1. The van der Waals surface area contributed by atoms with E-state index in [0.29, 0.717) is 25.6 Å². The molecule has 1 unspecified atom stereocenters. The molecule has 0 aliphatic carbocycles. The predicted octanol–water partition coefficient (Wildman–Crippen LogP) is 2.76. The first kappa shape index (κ1) is 20.7. The molecule has 1 aromatic rings. The Labute approximate surface area is 156 Å². The van der Waals surface area contributed by atoms with E-state index < -0.39 is 0 Å². The number of amides is 1. The molecule has 132 valence electrons. The van der Waals surface area contributed by atoms with E-state index in [1.807, 2.05) is 0 Å².